The van der Waals surface area contributed by atoms with Gasteiger partial charge in [0, 0.05) is 3.57 Å². The predicted molar refractivity (Wildman–Crippen MR) is 60.2 cm³/mol. The fraction of sp³-hybridized carbons (Fsp3) is 0.286. The first-order valence-electron chi connectivity index (χ1n) is 3.49. The van der Waals surface area contributed by atoms with Crippen molar-refractivity contribution < 1.29 is 8.42 Å². The average molecular weight is 312 g/mol. The van der Waals surface area contributed by atoms with Crippen molar-refractivity contribution in [3.05, 3.63) is 21.4 Å². The number of sulfonamides is 1. The largest absolute Gasteiger partial charge is 0.268 e. The lowest BCUT2D eigenvalue weighted by atomic mass is 10.4. The van der Waals surface area contributed by atoms with Crippen LogP contribution in [0.15, 0.2) is 12.1 Å². The quantitative estimate of drug-likeness (QED) is 0.839. The van der Waals surface area contributed by atoms with E-state index in [9.17, 15) is 8.42 Å². The topological polar surface area (TPSA) is 59.1 Å². The van der Waals surface area contributed by atoms with Gasteiger partial charge in [0.25, 0.3) is 0 Å². The van der Waals surface area contributed by atoms with Crippen molar-refractivity contribution >= 4 is 38.4 Å². The molecule has 0 fully saturated rings. The van der Waals surface area contributed by atoms with Crippen LogP contribution < -0.4 is 4.72 Å². The van der Waals surface area contributed by atoms with Crippen LogP contribution in [-0.2, 0) is 10.0 Å². The van der Waals surface area contributed by atoms with Gasteiger partial charge in [0.2, 0.25) is 10.0 Å². The average Bonchev–Trinajstić information content (AvgIpc) is 1.94. The van der Waals surface area contributed by atoms with Gasteiger partial charge < -0.3 is 0 Å². The Hall–Kier alpha value is -0.370. The molecule has 6 heteroatoms. The van der Waals surface area contributed by atoms with E-state index in [0.717, 1.165) is 15.5 Å². The van der Waals surface area contributed by atoms with E-state index in [2.05, 4.69) is 32.3 Å². The minimum Gasteiger partial charge on any atom is -0.268 e. The molecule has 0 amide bonds. The number of nitrogens with one attached hydrogen (secondary N) is 1. The van der Waals surface area contributed by atoms with E-state index in [1.807, 2.05) is 13.0 Å². The Labute approximate surface area is 91.0 Å². The van der Waals surface area contributed by atoms with Gasteiger partial charge in [0.15, 0.2) is 0 Å². The summed E-state index contributed by atoms with van der Waals surface area (Å²) >= 11 is 2.14. The molecule has 13 heavy (non-hydrogen) atoms. The molecule has 0 atom stereocenters. The molecular weight excluding hydrogens is 303 g/mol. The highest BCUT2D eigenvalue weighted by Gasteiger charge is 2.03. The molecule has 4 nitrogen and oxygen atoms in total. The summed E-state index contributed by atoms with van der Waals surface area (Å²) in [6.07, 6.45) is 1.10. The maximum atomic E-state index is 10.8. The number of pyridine rings is 1. The Kier molecular flexibility index (Phi) is 3.12. The number of nitrogens with zero attached hydrogens (tertiary/aromatic N) is 1. The zero-order chi connectivity index (χ0) is 10.1. The molecule has 72 valence electrons. The SMILES string of the molecule is Cc1nc(NS(C)(=O)=O)ccc1I. The first kappa shape index (κ1) is 10.7. The number of aryl methyl sites for hydroxylation is 1. The van der Waals surface area contributed by atoms with E-state index >= 15 is 0 Å². The minimum atomic E-state index is -3.22. The molecule has 0 radical (unpaired) electrons. The van der Waals surface area contributed by atoms with E-state index in [-0.39, 0.29) is 0 Å². The van der Waals surface area contributed by atoms with Crippen molar-refractivity contribution in [2.24, 2.45) is 0 Å². The smallest absolute Gasteiger partial charge is 0.230 e. The Balaban J connectivity index is 2.99. The maximum absolute atomic E-state index is 10.8. The molecule has 0 bridgehead atoms. The fourth-order valence-corrected chi connectivity index (χ4v) is 1.58. The van der Waals surface area contributed by atoms with Gasteiger partial charge in [-0.1, -0.05) is 0 Å². The fourth-order valence-electron chi connectivity index (χ4n) is 0.791. The number of hydrogen-bond acceptors (Lipinski definition) is 3. The van der Waals surface area contributed by atoms with Gasteiger partial charge in [-0.05, 0) is 41.6 Å². The third-order valence-corrected chi connectivity index (χ3v) is 3.03. The number of anilines is 1. The highest BCUT2D eigenvalue weighted by molar-refractivity contribution is 14.1. The summed E-state index contributed by atoms with van der Waals surface area (Å²) in [4.78, 5) is 4.06. The molecule has 0 aliphatic heterocycles. The summed E-state index contributed by atoms with van der Waals surface area (Å²) in [5.74, 6) is 0.361. The molecule has 1 rings (SSSR count). The highest BCUT2D eigenvalue weighted by atomic mass is 127. The van der Waals surface area contributed by atoms with Crippen LogP contribution in [0, 0.1) is 10.5 Å². The second-order valence-corrected chi connectivity index (χ2v) is 5.55. The summed E-state index contributed by atoms with van der Waals surface area (Å²) in [6, 6.07) is 3.45. The van der Waals surface area contributed by atoms with Gasteiger partial charge in [-0.15, -0.1) is 0 Å². The van der Waals surface area contributed by atoms with Crippen LogP contribution in [0.2, 0.25) is 0 Å². The summed E-state index contributed by atoms with van der Waals surface area (Å²) in [6.45, 7) is 1.83. The second kappa shape index (κ2) is 3.79. The standard InChI is InChI=1S/C7H9IN2O2S/c1-5-6(8)3-4-7(9-5)10-13(2,11)12/h3-4H,1-2H3,(H,9,10). The van der Waals surface area contributed by atoms with E-state index < -0.39 is 10.0 Å². The summed E-state index contributed by atoms with van der Waals surface area (Å²) in [7, 11) is -3.22. The zero-order valence-electron chi connectivity index (χ0n) is 7.20. The highest BCUT2D eigenvalue weighted by Crippen LogP contribution is 2.12. The molecule has 1 aromatic heterocycles. The van der Waals surface area contributed by atoms with Crippen LogP contribution in [0.3, 0.4) is 0 Å². The molecule has 1 aromatic rings. The molecule has 0 aliphatic carbocycles. The molecule has 0 unspecified atom stereocenters. The van der Waals surface area contributed by atoms with Crippen molar-refractivity contribution in [1.29, 1.82) is 0 Å². The normalized spacial score (nSPS) is 11.3. The molecule has 1 N–H and O–H groups in total. The molecule has 0 saturated carbocycles. The van der Waals surface area contributed by atoms with Crippen molar-refractivity contribution in [2.45, 2.75) is 6.92 Å². The molecule has 1 heterocycles. The monoisotopic (exact) mass is 312 g/mol. The van der Waals surface area contributed by atoms with E-state index in [1.54, 1.807) is 6.07 Å². The van der Waals surface area contributed by atoms with E-state index in [1.165, 1.54) is 0 Å². The van der Waals surface area contributed by atoms with E-state index in [4.69, 9.17) is 0 Å². The van der Waals surface area contributed by atoms with Gasteiger partial charge in [0.1, 0.15) is 5.82 Å². The first-order valence-corrected chi connectivity index (χ1v) is 6.46. The number of rotatable bonds is 2. The van der Waals surface area contributed by atoms with Crippen LogP contribution >= 0.6 is 22.6 Å². The number of aromatic nitrogens is 1. The lowest BCUT2D eigenvalue weighted by molar-refractivity contribution is 0.606. The summed E-state index contributed by atoms with van der Waals surface area (Å²) in [5.41, 5.74) is 0.814. The molecular formula is C7H9IN2O2S. The van der Waals surface area contributed by atoms with Gasteiger partial charge in [0.05, 0.1) is 11.9 Å². The molecule has 0 aromatic carbocycles. The third kappa shape index (κ3) is 3.47. The van der Waals surface area contributed by atoms with E-state index in [0.29, 0.717) is 5.82 Å². The zero-order valence-corrected chi connectivity index (χ0v) is 10.2. The Bertz CT molecular complexity index is 417. The van der Waals surface area contributed by atoms with Crippen molar-refractivity contribution in [2.75, 3.05) is 11.0 Å². The maximum Gasteiger partial charge on any atom is 0.230 e. The minimum absolute atomic E-state index is 0.361. The third-order valence-electron chi connectivity index (χ3n) is 1.31. The summed E-state index contributed by atoms with van der Waals surface area (Å²) in [5, 5.41) is 0. The lowest BCUT2D eigenvalue weighted by Crippen LogP contribution is -2.11. The van der Waals surface area contributed by atoms with Crippen molar-refractivity contribution in [1.82, 2.24) is 4.98 Å². The Morgan fingerprint density at radius 2 is 2.08 bits per heavy atom. The second-order valence-electron chi connectivity index (χ2n) is 2.64. The first-order chi connectivity index (χ1) is 5.88. The summed E-state index contributed by atoms with van der Waals surface area (Å²) < 4.78 is 25.0. The van der Waals surface area contributed by atoms with Gasteiger partial charge in [-0.2, -0.15) is 0 Å². The Morgan fingerprint density at radius 1 is 1.46 bits per heavy atom. The predicted octanol–water partition coefficient (Wildman–Crippen LogP) is 1.37. The van der Waals surface area contributed by atoms with Crippen molar-refractivity contribution in [3.63, 3.8) is 0 Å². The molecule has 0 saturated heterocycles. The number of hydrogen-bond donors (Lipinski definition) is 1. The van der Waals surface area contributed by atoms with Crippen molar-refractivity contribution in [3.8, 4) is 0 Å². The van der Waals surface area contributed by atoms with Crippen LogP contribution in [0.25, 0.3) is 0 Å². The Morgan fingerprint density at radius 3 is 2.54 bits per heavy atom. The lowest BCUT2D eigenvalue weighted by Gasteiger charge is -2.04. The van der Waals surface area contributed by atoms with Crippen LogP contribution in [0.4, 0.5) is 5.82 Å². The van der Waals surface area contributed by atoms with Crippen LogP contribution in [0.5, 0.6) is 0 Å². The van der Waals surface area contributed by atoms with Gasteiger partial charge in [-0.25, -0.2) is 13.4 Å². The molecule has 0 aliphatic rings. The van der Waals surface area contributed by atoms with Crippen LogP contribution in [-0.4, -0.2) is 19.7 Å². The van der Waals surface area contributed by atoms with Crippen LogP contribution in [0.1, 0.15) is 5.69 Å². The van der Waals surface area contributed by atoms with Gasteiger partial charge >= 0.3 is 0 Å². The van der Waals surface area contributed by atoms with Gasteiger partial charge in [-0.3, -0.25) is 4.72 Å². The molecule has 0 spiro atoms. The number of halogens is 1.